The van der Waals surface area contributed by atoms with Gasteiger partial charge in [-0.25, -0.2) is 4.79 Å². The molecule has 0 aliphatic carbocycles. The molecule has 0 aromatic heterocycles. The molecule has 3 rings (SSSR count). The third-order valence-corrected chi connectivity index (χ3v) is 4.15. The highest BCUT2D eigenvalue weighted by Crippen LogP contribution is 2.30. The van der Waals surface area contributed by atoms with Gasteiger partial charge in [-0.15, -0.1) is 0 Å². The Kier molecular flexibility index (Phi) is 3.64. The summed E-state index contributed by atoms with van der Waals surface area (Å²) in [5.41, 5.74) is 0.774. The van der Waals surface area contributed by atoms with Crippen molar-refractivity contribution in [2.45, 2.75) is 18.9 Å². The number of anilines is 1. The lowest BCUT2D eigenvalue weighted by Gasteiger charge is -2.37. The fourth-order valence-corrected chi connectivity index (χ4v) is 3.15. The molecule has 0 saturated carbocycles. The molecule has 7 nitrogen and oxygen atoms in total. The summed E-state index contributed by atoms with van der Waals surface area (Å²) in [4.78, 5) is 26.5. The van der Waals surface area contributed by atoms with Gasteiger partial charge in [0.1, 0.15) is 5.69 Å². The summed E-state index contributed by atoms with van der Waals surface area (Å²) in [5, 5.41) is 14.0. The number of nitro groups is 1. The van der Waals surface area contributed by atoms with Crippen molar-refractivity contribution in [1.82, 2.24) is 10.2 Å². The molecule has 2 fully saturated rings. The summed E-state index contributed by atoms with van der Waals surface area (Å²) < 4.78 is 0. The number of carbonyl (C=O) groups is 1. The van der Waals surface area contributed by atoms with Crippen molar-refractivity contribution < 1.29 is 9.72 Å². The van der Waals surface area contributed by atoms with Crippen LogP contribution in [0.3, 0.4) is 0 Å². The summed E-state index contributed by atoms with van der Waals surface area (Å²) in [5.74, 6) is 0. The van der Waals surface area contributed by atoms with Crippen molar-refractivity contribution >= 4 is 17.4 Å². The molecule has 0 unspecified atom stereocenters. The Hall–Kier alpha value is -2.31. The van der Waals surface area contributed by atoms with Crippen LogP contribution in [0.1, 0.15) is 12.8 Å². The number of nitrogens with one attached hydrogen (secondary N) is 1. The van der Waals surface area contributed by atoms with Gasteiger partial charge in [-0.2, -0.15) is 0 Å². The number of nitrogens with zero attached hydrogens (tertiary/aromatic N) is 3. The van der Waals surface area contributed by atoms with Crippen LogP contribution in [-0.2, 0) is 0 Å². The van der Waals surface area contributed by atoms with E-state index in [9.17, 15) is 14.9 Å². The Balaban J connectivity index is 1.80. The third kappa shape index (κ3) is 2.63. The molecular formula is C14H18N4O3. The summed E-state index contributed by atoms with van der Waals surface area (Å²) in [6.07, 6.45) is 1.88. The Morgan fingerprint density at radius 2 is 2.10 bits per heavy atom. The van der Waals surface area contributed by atoms with E-state index >= 15 is 0 Å². The Labute approximate surface area is 122 Å². The molecule has 1 atom stereocenters. The molecule has 1 aromatic rings. The van der Waals surface area contributed by atoms with Crippen LogP contribution in [0.15, 0.2) is 24.3 Å². The fraction of sp³-hybridized carbons (Fsp3) is 0.500. The molecule has 1 N–H and O–H groups in total. The number of amides is 2. The molecule has 2 aliphatic heterocycles. The molecule has 21 heavy (non-hydrogen) atoms. The Morgan fingerprint density at radius 3 is 2.81 bits per heavy atom. The van der Waals surface area contributed by atoms with E-state index in [1.807, 2.05) is 15.9 Å². The zero-order valence-corrected chi connectivity index (χ0v) is 11.7. The zero-order chi connectivity index (χ0) is 14.8. The molecule has 2 heterocycles. The topological polar surface area (TPSA) is 78.7 Å². The van der Waals surface area contributed by atoms with Crippen molar-refractivity contribution in [3.63, 3.8) is 0 Å². The van der Waals surface area contributed by atoms with Crippen LogP contribution < -0.4 is 10.2 Å². The largest absolute Gasteiger partial charge is 0.364 e. The number of piperidine rings is 1. The lowest BCUT2D eigenvalue weighted by atomic mass is 10.0. The Bertz CT molecular complexity index is 563. The quantitative estimate of drug-likeness (QED) is 0.677. The first-order chi connectivity index (χ1) is 10.2. The normalized spacial score (nSPS) is 22.3. The summed E-state index contributed by atoms with van der Waals surface area (Å²) >= 11 is 0. The van der Waals surface area contributed by atoms with Crippen LogP contribution in [0.5, 0.6) is 0 Å². The second-order valence-electron chi connectivity index (χ2n) is 5.41. The predicted molar refractivity (Wildman–Crippen MR) is 78.4 cm³/mol. The lowest BCUT2D eigenvalue weighted by Crippen LogP contribution is -2.49. The van der Waals surface area contributed by atoms with E-state index < -0.39 is 0 Å². The standard InChI is InChI=1S/C14H18N4O3/c19-14-15-7-9-17(14)11-4-3-8-16(10-11)12-5-1-2-6-13(12)18(20)21/h1-2,5-6,11H,3-4,7-10H2,(H,15,19)/t11-/m0/s1. The number of urea groups is 1. The van der Waals surface area contributed by atoms with E-state index in [2.05, 4.69) is 5.32 Å². The number of para-hydroxylation sites is 2. The first-order valence-electron chi connectivity index (χ1n) is 7.19. The maximum atomic E-state index is 11.8. The lowest BCUT2D eigenvalue weighted by molar-refractivity contribution is -0.384. The molecule has 0 radical (unpaired) electrons. The second kappa shape index (κ2) is 5.59. The summed E-state index contributed by atoms with van der Waals surface area (Å²) in [6.45, 7) is 2.84. The van der Waals surface area contributed by atoms with Crippen molar-refractivity contribution in [3.8, 4) is 0 Å². The molecule has 112 valence electrons. The number of nitro benzene ring substituents is 1. The van der Waals surface area contributed by atoms with E-state index in [1.54, 1.807) is 12.1 Å². The van der Waals surface area contributed by atoms with E-state index in [-0.39, 0.29) is 22.7 Å². The van der Waals surface area contributed by atoms with Gasteiger partial charge in [0, 0.05) is 32.2 Å². The molecule has 0 spiro atoms. The van der Waals surface area contributed by atoms with E-state index in [4.69, 9.17) is 0 Å². The molecule has 1 aromatic carbocycles. The minimum absolute atomic E-state index is 0.0237. The highest BCUT2D eigenvalue weighted by molar-refractivity contribution is 5.76. The number of hydrogen-bond donors (Lipinski definition) is 1. The smallest absolute Gasteiger partial charge is 0.317 e. The van der Waals surface area contributed by atoms with Crippen LogP contribution in [-0.4, -0.2) is 48.1 Å². The van der Waals surface area contributed by atoms with Gasteiger partial charge >= 0.3 is 6.03 Å². The van der Waals surface area contributed by atoms with E-state index in [1.165, 1.54) is 6.07 Å². The highest BCUT2D eigenvalue weighted by atomic mass is 16.6. The maximum Gasteiger partial charge on any atom is 0.317 e. The monoisotopic (exact) mass is 290 g/mol. The summed E-state index contributed by atoms with van der Waals surface area (Å²) in [6, 6.07) is 6.91. The maximum absolute atomic E-state index is 11.8. The first-order valence-corrected chi connectivity index (χ1v) is 7.19. The second-order valence-corrected chi connectivity index (χ2v) is 5.41. The number of carbonyl (C=O) groups excluding carboxylic acids is 1. The van der Waals surface area contributed by atoms with Gasteiger partial charge < -0.3 is 15.1 Å². The third-order valence-electron chi connectivity index (χ3n) is 4.15. The highest BCUT2D eigenvalue weighted by Gasteiger charge is 2.32. The number of hydrogen-bond acceptors (Lipinski definition) is 4. The zero-order valence-electron chi connectivity index (χ0n) is 11.7. The van der Waals surface area contributed by atoms with Crippen molar-refractivity contribution in [2.75, 3.05) is 31.1 Å². The van der Waals surface area contributed by atoms with E-state index in [0.29, 0.717) is 25.3 Å². The molecule has 0 bridgehead atoms. The molecule has 2 saturated heterocycles. The van der Waals surface area contributed by atoms with Gasteiger partial charge in [0.2, 0.25) is 0 Å². The van der Waals surface area contributed by atoms with Crippen LogP contribution in [0.4, 0.5) is 16.2 Å². The number of rotatable bonds is 3. The van der Waals surface area contributed by atoms with Crippen LogP contribution in [0.25, 0.3) is 0 Å². The van der Waals surface area contributed by atoms with Gasteiger partial charge in [-0.1, -0.05) is 12.1 Å². The molecule has 2 aliphatic rings. The van der Waals surface area contributed by atoms with Crippen molar-refractivity contribution in [3.05, 3.63) is 34.4 Å². The van der Waals surface area contributed by atoms with Gasteiger partial charge in [0.15, 0.2) is 0 Å². The molecular weight excluding hydrogens is 272 g/mol. The van der Waals surface area contributed by atoms with Crippen molar-refractivity contribution in [1.29, 1.82) is 0 Å². The minimum atomic E-state index is -0.346. The SMILES string of the molecule is O=C1NCCN1[C@H]1CCCN(c2ccccc2[N+](=O)[O-])C1. The Morgan fingerprint density at radius 1 is 1.29 bits per heavy atom. The van der Waals surface area contributed by atoms with Crippen LogP contribution in [0, 0.1) is 10.1 Å². The minimum Gasteiger partial charge on any atom is -0.364 e. The van der Waals surface area contributed by atoms with Crippen molar-refractivity contribution in [2.24, 2.45) is 0 Å². The summed E-state index contributed by atoms with van der Waals surface area (Å²) in [7, 11) is 0. The predicted octanol–water partition coefficient (Wildman–Crippen LogP) is 1.59. The number of benzene rings is 1. The van der Waals surface area contributed by atoms with Gasteiger partial charge in [-0.05, 0) is 18.9 Å². The molecule has 2 amide bonds. The van der Waals surface area contributed by atoms with Gasteiger partial charge in [-0.3, -0.25) is 10.1 Å². The average molecular weight is 290 g/mol. The van der Waals surface area contributed by atoms with E-state index in [0.717, 1.165) is 19.4 Å². The average Bonchev–Trinajstić information content (AvgIpc) is 2.93. The fourth-order valence-electron chi connectivity index (χ4n) is 3.15. The van der Waals surface area contributed by atoms with Gasteiger partial charge in [0.05, 0.1) is 11.0 Å². The van der Waals surface area contributed by atoms with Gasteiger partial charge in [0.25, 0.3) is 5.69 Å². The molecule has 7 heteroatoms. The first kappa shape index (κ1) is 13.7. The van der Waals surface area contributed by atoms with Crippen LogP contribution >= 0.6 is 0 Å². The van der Waals surface area contributed by atoms with Crippen LogP contribution in [0.2, 0.25) is 0 Å².